The van der Waals surface area contributed by atoms with E-state index in [1.54, 1.807) is 0 Å². The van der Waals surface area contributed by atoms with Crippen molar-refractivity contribution < 1.29 is 31.3 Å². The fourth-order valence-electron chi connectivity index (χ4n) is 6.11. The summed E-state index contributed by atoms with van der Waals surface area (Å²) in [5.74, 6) is 1.59. The number of aryl methyl sites for hydroxylation is 2. The van der Waals surface area contributed by atoms with E-state index in [0.717, 1.165) is 50.2 Å². The number of phenols is 2. The Morgan fingerprint density at radius 1 is 0.520 bits per heavy atom. The second-order valence-corrected chi connectivity index (χ2v) is 17.5. The molecule has 0 aliphatic carbocycles. The van der Waals surface area contributed by atoms with Gasteiger partial charge in [-0.3, -0.25) is 0 Å². The number of rotatable bonds is 3. The zero-order chi connectivity index (χ0) is 37.8. The zero-order valence-electron chi connectivity index (χ0n) is 34.3. The Balaban J connectivity index is 0.000000432. The maximum atomic E-state index is 11.2. The van der Waals surface area contributed by atoms with E-state index in [1.807, 2.05) is 13.8 Å². The first kappa shape index (κ1) is 45.0. The third-order valence-corrected chi connectivity index (χ3v) is 9.56. The van der Waals surface area contributed by atoms with Gasteiger partial charge in [0.2, 0.25) is 0 Å². The van der Waals surface area contributed by atoms with Gasteiger partial charge in [0.1, 0.15) is 11.5 Å². The van der Waals surface area contributed by atoms with Crippen molar-refractivity contribution in [1.29, 1.82) is 0 Å². The van der Waals surface area contributed by atoms with E-state index in [1.165, 1.54) is 16.7 Å². The van der Waals surface area contributed by atoms with Gasteiger partial charge in [0, 0.05) is 49.0 Å². The van der Waals surface area contributed by atoms with Gasteiger partial charge in [0.05, 0.1) is 0 Å². The number of hydrogen-bond acceptors (Lipinski definition) is 3. The average molecular weight is 762 g/mol. The number of hydrogen-bond donors (Lipinski definition) is 3. The maximum absolute atomic E-state index is 11.2. The monoisotopic (exact) mass is 763 g/mol. The molecule has 4 aromatic rings. The van der Waals surface area contributed by atoms with Crippen LogP contribution in [0.5, 0.6) is 11.5 Å². The van der Waals surface area contributed by atoms with E-state index in [2.05, 4.69) is 165 Å². The summed E-state index contributed by atoms with van der Waals surface area (Å²) >= 11 is 0. The van der Waals surface area contributed by atoms with E-state index in [4.69, 9.17) is 5.73 Å². The summed E-state index contributed by atoms with van der Waals surface area (Å²) in [6.07, 6.45) is 0. The summed E-state index contributed by atoms with van der Waals surface area (Å²) in [5.41, 5.74) is 18.6. The van der Waals surface area contributed by atoms with Gasteiger partial charge in [-0.25, -0.2) is 0 Å². The van der Waals surface area contributed by atoms with E-state index in [-0.39, 0.29) is 43.4 Å². The third-order valence-electron chi connectivity index (χ3n) is 9.56. The van der Waals surface area contributed by atoms with Crippen molar-refractivity contribution in [3.8, 4) is 22.6 Å². The van der Waals surface area contributed by atoms with Crippen LogP contribution in [0.3, 0.4) is 0 Å². The summed E-state index contributed by atoms with van der Waals surface area (Å²) < 4.78 is 0. The first-order valence-corrected chi connectivity index (χ1v) is 17.9. The molecule has 0 amide bonds. The first-order chi connectivity index (χ1) is 22.3. The number of anilines is 1. The molecule has 0 aliphatic rings. The van der Waals surface area contributed by atoms with Crippen LogP contribution in [-0.2, 0) is 37.3 Å². The summed E-state index contributed by atoms with van der Waals surface area (Å²) in [6, 6.07) is 21.0. The molecule has 0 aliphatic heterocycles. The number of benzene rings is 4. The number of phenolic OH excluding ortho intramolecular Hbond substituents is 2. The van der Waals surface area contributed by atoms with Gasteiger partial charge in [-0.15, -0.1) is 0 Å². The molecule has 0 bridgehead atoms. The van der Waals surface area contributed by atoms with Crippen LogP contribution in [-0.4, -0.2) is 10.2 Å². The second-order valence-electron chi connectivity index (χ2n) is 17.5. The summed E-state index contributed by atoms with van der Waals surface area (Å²) in [5, 5.41) is 22.4. The molecule has 0 heterocycles. The molecule has 0 aromatic heterocycles. The van der Waals surface area contributed by atoms with Crippen LogP contribution in [0, 0.1) is 27.7 Å². The van der Waals surface area contributed by atoms with Crippen LogP contribution >= 0.6 is 0 Å². The van der Waals surface area contributed by atoms with Gasteiger partial charge < -0.3 is 15.9 Å². The van der Waals surface area contributed by atoms with Crippen LogP contribution < -0.4 is 5.73 Å². The topological polar surface area (TPSA) is 66.5 Å². The molecule has 4 N–H and O–H groups in total. The molecular formula is C46H67MoNO2. The van der Waals surface area contributed by atoms with Crippen LogP contribution in [0.2, 0.25) is 0 Å². The Bertz CT molecular complexity index is 1610. The van der Waals surface area contributed by atoms with Crippen LogP contribution in [0.15, 0.2) is 60.7 Å². The molecule has 0 radical (unpaired) electrons. The molecule has 0 fully saturated rings. The number of nitrogen functional groups attached to an aromatic ring is 1. The minimum absolute atomic E-state index is 0. The normalized spacial score (nSPS) is 11.7. The molecule has 0 saturated heterocycles. The smallest absolute Gasteiger partial charge is 0.127 e. The van der Waals surface area contributed by atoms with Gasteiger partial charge >= 0.3 is 0 Å². The molecule has 50 heavy (non-hydrogen) atoms. The molecule has 274 valence electrons. The van der Waals surface area contributed by atoms with Crippen LogP contribution in [0.25, 0.3) is 11.1 Å². The first-order valence-electron chi connectivity index (χ1n) is 17.9. The van der Waals surface area contributed by atoms with E-state index >= 15 is 0 Å². The Morgan fingerprint density at radius 3 is 1.12 bits per heavy atom. The predicted molar refractivity (Wildman–Crippen MR) is 216 cm³/mol. The van der Waals surface area contributed by atoms with Crippen molar-refractivity contribution in [2.24, 2.45) is 0 Å². The number of nitrogens with two attached hydrogens (primary N) is 1. The summed E-state index contributed by atoms with van der Waals surface area (Å²) in [6.45, 7) is 36.2. The maximum Gasteiger partial charge on any atom is 0.127 e. The van der Waals surface area contributed by atoms with Crippen molar-refractivity contribution in [3.05, 3.63) is 111 Å². The molecule has 0 saturated carbocycles. The molecule has 0 unspecified atom stereocenters. The van der Waals surface area contributed by atoms with E-state index < -0.39 is 0 Å². The number of para-hydroxylation sites is 1. The van der Waals surface area contributed by atoms with Gasteiger partial charge in [-0.05, 0) is 94.7 Å². The van der Waals surface area contributed by atoms with E-state index in [9.17, 15) is 10.2 Å². The van der Waals surface area contributed by atoms with Gasteiger partial charge in [0.25, 0.3) is 0 Å². The van der Waals surface area contributed by atoms with Crippen molar-refractivity contribution in [2.45, 2.75) is 146 Å². The minimum Gasteiger partial charge on any atom is -0.507 e. The van der Waals surface area contributed by atoms with Gasteiger partial charge in [0.15, 0.2) is 0 Å². The predicted octanol–water partition coefficient (Wildman–Crippen LogP) is 13.1. The summed E-state index contributed by atoms with van der Waals surface area (Å²) in [7, 11) is 0. The van der Waals surface area contributed by atoms with Crippen molar-refractivity contribution in [2.75, 3.05) is 5.73 Å². The Morgan fingerprint density at radius 2 is 0.860 bits per heavy atom. The quantitative estimate of drug-likeness (QED) is 0.144. The molecule has 4 heteroatoms. The standard InChI is InChI=1S/C24H34O2.C12H19N.C10H14.Mo/c1-13-11-17(23(5,6)7)21(25)19(15(13)3)20-16(4)14(2)12-18(22(20)26)24(8,9)10;1-8(2)10-6-5-7-11(9(3)4)12(10)13;1-10(2,3)9-7-5-4-6-8-9;/h11-12,25-26H,1-10H3;5-9H,13H2,1-4H3;4-8H,1-3H3;. The zero-order valence-corrected chi connectivity index (χ0v) is 36.3. The minimum atomic E-state index is -0.183. The SMILES string of the molecule is CC(C)(C)c1ccccc1.CC(C)c1cccc(C(C)C)c1N.Cc1cc(C(C)(C)C)c(O)c(-c2c(C)c(C)cc(C(C)(C)C)c2O)c1C.[Mo]. The van der Waals surface area contributed by atoms with Crippen molar-refractivity contribution in [3.63, 3.8) is 0 Å². The summed E-state index contributed by atoms with van der Waals surface area (Å²) in [4.78, 5) is 0. The third kappa shape index (κ3) is 11.0. The van der Waals surface area contributed by atoms with E-state index in [0.29, 0.717) is 17.3 Å². The fourth-order valence-corrected chi connectivity index (χ4v) is 6.11. The second kappa shape index (κ2) is 17.5. The van der Waals surface area contributed by atoms with Gasteiger partial charge in [-0.2, -0.15) is 0 Å². The Kier molecular flexibility index (Phi) is 15.7. The molecule has 4 aromatic carbocycles. The van der Waals surface area contributed by atoms with Crippen LogP contribution in [0.4, 0.5) is 5.69 Å². The number of aromatic hydroxyl groups is 2. The molecule has 0 atom stereocenters. The van der Waals surface area contributed by atoms with Gasteiger partial charge in [-0.1, -0.05) is 151 Å². The Hall–Kier alpha value is -3.03. The average Bonchev–Trinajstić information content (AvgIpc) is 2.98. The molecular weight excluding hydrogens is 694 g/mol. The molecule has 0 spiro atoms. The fraction of sp³-hybridized carbons (Fsp3) is 0.478. The van der Waals surface area contributed by atoms with Crippen LogP contribution in [0.1, 0.15) is 152 Å². The largest absolute Gasteiger partial charge is 0.507 e. The van der Waals surface area contributed by atoms with Crippen molar-refractivity contribution in [1.82, 2.24) is 0 Å². The Labute approximate surface area is 320 Å². The molecule has 4 rings (SSSR count). The van der Waals surface area contributed by atoms with Crippen molar-refractivity contribution >= 4 is 5.69 Å². The molecule has 3 nitrogen and oxygen atoms in total.